The largest absolute Gasteiger partial charge is 0.269 e. The van der Waals surface area contributed by atoms with Crippen molar-refractivity contribution in [2.24, 2.45) is 0 Å². The molecule has 8 aromatic rings. The van der Waals surface area contributed by atoms with Crippen LogP contribution < -0.4 is 11.1 Å². The summed E-state index contributed by atoms with van der Waals surface area (Å²) in [5.41, 5.74) is 8.20. The van der Waals surface area contributed by atoms with Gasteiger partial charge in [0.05, 0.1) is 22.8 Å². The number of hydrogen-bond donors (Lipinski definition) is 0. The van der Waals surface area contributed by atoms with Gasteiger partial charge in [0.15, 0.2) is 16.5 Å². The van der Waals surface area contributed by atoms with Crippen LogP contribution in [-0.4, -0.2) is 50.0 Å². The number of hydrogen-bond acceptors (Lipinski definition) is 9. The molecule has 0 aliphatic heterocycles. The molecule has 0 aliphatic rings. The van der Waals surface area contributed by atoms with E-state index in [4.69, 9.17) is 4.98 Å². The molecule has 0 amide bonds. The monoisotopic (exact) mass is 828 g/mol. The Morgan fingerprint density at radius 2 is 1.07 bits per heavy atom. The molecular weight excluding hydrogens is 791 g/mol. The summed E-state index contributed by atoms with van der Waals surface area (Å²) in [4.78, 5) is 43.7. The minimum Gasteiger partial charge on any atom is -0.269 e. The lowest BCUT2D eigenvalue weighted by atomic mass is 10.0. The summed E-state index contributed by atoms with van der Waals surface area (Å²) >= 11 is 1.41. The second-order valence-corrected chi connectivity index (χ2v) is 16.8. The lowest BCUT2D eigenvalue weighted by Gasteiger charge is -2.17. The minimum absolute atomic E-state index is 0.151. The predicted molar refractivity (Wildman–Crippen MR) is 230 cm³/mol. The molecule has 0 atom stereocenters. The second kappa shape index (κ2) is 16.1. The Morgan fingerprint density at radius 1 is 0.559 bits per heavy atom. The zero-order valence-corrected chi connectivity index (χ0v) is 34.8. The Labute approximate surface area is 343 Å². The summed E-state index contributed by atoms with van der Waals surface area (Å²) < 4.78 is 55.0. The zero-order valence-electron chi connectivity index (χ0n) is 33.2. The molecule has 59 heavy (non-hydrogen) atoms. The SMILES string of the molecule is CSc1nc(-c2ccc(F)cc2C)c2ccc(=O)n(-c3c(C)cccc3C)c2n1.Cc1cc(F)ccc1-c1nc(S(C)(=O)=O)nc2c1ccc(=O)n2-c1ccccc1C. The molecule has 0 radical (unpaired) electrons. The number of halogens is 2. The normalized spacial score (nSPS) is 11.5. The van der Waals surface area contributed by atoms with E-state index in [1.807, 2.05) is 64.3 Å². The summed E-state index contributed by atoms with van der Waals surface area (Å²) in [5.74, 6) is -0.697. The van der Waals surface area contributed by atoms with Crippen molar-refractivity contribution in [2.75, 3.05) is 12.5 Å². The molecule has 0 saturated heterocycles. The molecule has 10 nitrogen and oxygen atoms in total. The first-order chi connectivity index (χ1) is 28.1. The zero-order chi connectivity index (χ0) is 42.3. The van der Waals surface area contributed by atoms with E-state index in [1.165, 1.54) is 46.7 Å². The van der Waals surface area contributed by atoms with Gasteiger partial charge in [-0.3, -0.25) is 18.7 Å². The molecule has 14 heteroatoms. The molecule has 0 bridgehead atoms. The smallest absolute Gasteiger partial charge is 0.256 e. The number of para-hydroxylation sites is 2. The van der Waals surface area contributed by atoms with Crippen molar-refractivity contribution in [3.8, 4) is 33.9 Å². The Balaban J connectivity index is 0.000000179. The van der Waals surface area contributed by atoms with E-state index in [9.17, 15) is 26.8 Å². The van der Waals surface area contributed by atoms with Gasteiger partial charge in [0.2, 0.25) is 15.0 Å². The number of aryl methyl sites for hydroxylation is 5. The topological polar surface area (TPSA) is 130 Å². The maximum atomic E-state index is 13.7. The molecule has 0 unspecified atom stereocenters. The third-order valence-electron chi connectivity index (χ3n) is 9.88. The molecule has 0 spiro atoms. The van der Waals surface area contributed by atoms with Gasteiger partial charge in [-0.25, -0.2) is 32.2 Å². The van der Waals surface area contributed by atoms with E-state index >= 15 is 0 Å². The fourth-order valence-electron chi connectivity index (χ4n) is 7.06. The van der Waals surface area contributed by atoms with Crippen molar-refractivity contribution >= 4 is 43.7 Å². The van der Waals surface area contributed by atoms with E-state index in [-0.39, 0.29) is 22.6 Å². The lowest BCUT2D eigenvalue weighted by Crippen LogP contribution is -2.20. The van der Waals surface area contributed by atoms with Crippen LogP contribution in [0.3, 0.4) is 0 Å². The van der Waals surface area contributed by atoms with Gasteiger partial charge in [-0.1, -0.05) is 48.2 Å². The fraction of sp³-hybridized carbons (Fsp3) is 0.156. The van der Waals surface area contributed by atoms with Crippen molar-refractivity contribution in [3.05, 3.63) is 163 Å². The summed E-state index contributed by atoms with van der Waals surface area (Å²) in [6, 6.07) is 28.3. The number of thioether (sulfide) groups is 1. The van der Waals surface area contributed by atoms with Crippen LogP contribution in [0.1, 0.15) is 27.8 Å². The van der Waals surface area contributed by atoms with Crippen LogP contribution >= 0.6 is 11.8 Å². The summed E-state index contributed by atoms with van der Waals surface area (Å²) in [6.07, 6.45) is 2.90. The van der Waals surface area contributed by atoms with Gasteiger partial charge in [0.1, 0.15) is 11.6 Å². The summed E-state index contributed by atoms with van der Waals surface area (Å²) in [6.45, 7) is 9.38. The van der Waals surface area contributed by atoms with Gasteiger partial charge >= 0.3 is 0 Å². The molecule has 0 N–H and O–H groups in total. The number of sulfone groups is 1. The van der Waals surface area contributed by atoms with Gasteiger partial charge < -0.3 is 0 Å². The molecule has 8 rings (SSSR count). The van der Waals surface area contributed by atoms with Crippen molar-refractivity contribution < 1.29 is 17.2 Å². The van der Waals surface area contributed by atoms with E-state index in [1.54, 1.807) is 54.0 Å². The first-order valence-electron chi connectivity index (χ1n) is 18.3. The highest BCUT2D eigenvalue weighted by molar-refractivity contribution is 7.98. The third kappa shape index (κ3) is 7.93. The van der Waals surface area contributed by atoms with Crippen LogP contribution in [-0.2, 0) is 9.84 Å². The standard InChI is InChI=1S/C23H20FN3OS.C22H18FN3O3S/c1-13-6-5-7-14(2)21(13)27-19(28)11-10-18-20(25-23(29-4)26-22(18)27)17-9-8-16(24)12-15(17)3;1-13-6-4-5-7-18(13)26-19(27)11-10-17-20(16-9-8-15(23)12-14(16)2)24-22(25-21(17)26)30(3,28)29/h5-12H,1-4H3;4-12H,1-3H3. The summed E-state index contributed by atoms with van der Waals surface area (Å²) in [5, 5.41) is 1.39. The van der Waals surface area contributed by atoms with Crippen molar-refractivity contribution in [3.63, 3.8) is 0 Å². The van der Waals surface area contributed by atoms with Crippen LogP contribution in [0.25, 0.3) is 56.0 Å². The number of pyridine rings is 2. The molecule has 4 heterocycles. The number of benzene rings is 4. The van der Waals surface area contributed by atoms with Crippen LogP contribution in [0.5, 0.6) is 0 Å². The number of nitrogens with zero attached hydrogens (tertiary/aromatic N) is 6. The molecule has 0 saturated carbocycles. The maximum absolute atomic E-state index is 13.7. The van der Waals surface area contributed by atoms with Gasteiger partial charge in [-0.2, -0.15) is 4.98 Å². The van der Waals surface area contributed by atoms with Crippen LogP contribution in [0, 0.1) is 46.3 Å². The molecule has 4 aromatic heterocycles. The van der Waals surface area contributed by atoms with Crippen LogP contribution in [0.15, 0.2) is 123 Å². The van der Waals surface area contributed by atoms with E-state index < -0.39 is 20.8 Å². The minimum atomic E-state index is -3.78. The second-order valence-electron chi connectivity index (χ2n) is 14.1. The molecule has 0 aliphatic carbocycles. The van der Waals surface area contributed by atoms with E-state index in [0.29, 0.717) is 44.4 Å². The number of aromatic nitrogens is 6. The highest BCUT2D eigenvalue weighted by Crippen LogP contribution is 2.33. The van der Waals surface area contributed by atoms with Crippen molar-refractivity contribution in [1.82, 2.24) is 29.1 Å². The average Bonchev–Trinajstić information content (AvgIpc) is 3.18. The van der Waals surface area contributed by atoms with E-state index in [0.717, 1.165) is 45.1 Å². The predicted octanol–water partition coefficient (Wildman–Crippen LogP) is 8.84. The Bertz CT molecular complexity index is 3200. The van der Waals surface area contributed by atoms with Crippen LogP contribution in [0.4, 0.5) is 8.78 Å². The van der Waals surface area contributed by atoms with Gasteiger partial charge in [0, 0.05) is 40.3 Å². The van der Waals surface area contributed by atoms with Gasteiger partial charge in [-0.05, 0) is 123 Å². The third-order valence-corrected chi connectivity index (χ3v) is 11.3. The van der Waals surface area contributed by atoms with E-state index in [2.05, 4.69) is 15.0 Å². The Morgan fingerprint density at radius 3 is 1.59 bits per heavy atom. The van der Waals surface area contributed by atoms with Crippen molar-refractivity contribution in [2.45, 2.75) is 44.9 Å². The fourth-order valence-corrected chi connectivity index (χ4v) is 7.93. The van der Waals surface area contributed by atoms with Gasteiger partial charge in [0.25, 0.3) is 11.1 Å². The maximum Gasteiger partial charge on any atom is 0.256 e. The van der Waals surface area contributed by atoms with Crippen molar-refractivity contribution in [1.29, 1.82) is 0 Å². The first-order valence-corrected chi connectivity index (χ1v) is 21.5. The average molecular weight is 829 g/mol. The van der Waals surface area contributed by atoms with Gasteiger partial charge in [-0.15, -0.1) is 0 Å². The quantitative estimate of drug-likeness (QED) is 0.119. The Hall–Kier alpha value is -6.38. The Kier molecular flexibility index (Phi) is 11.1. The molecular formula is C45H38F2N6O4S2. The highest BCUT2D eigenvalue weighted by atomic mass is 32.2. The number of rotatable bonds is 6. The van der Waals surface area contributed by atoms with Crippen LogP contribution in [0.2, 0.25) is 0 Å². The lowest BCUT2D eigenvalue weighted by molar-refractivity contribution is 0.593. The highest BCUT2D eigenvalue weighted by Gasteiger charge is 2.22. The molecule has 298 valence electrons. The first kappa shape index (κ1) is 40.8. The molecule has 0 fully saturated rings. The summed E-state index contributed by atoms with van der Waals surface area (Å²) in [7, 11) is -3.78. The molecule has 4 aromatic carbocycles. The number of fused-ring (bicyclic) bond motifs is 2.